The van der Waals surface area contributed by atoms with E-state index in [1.165, 1.54) is 11.8 Å². The SMILES string of the molecule is CCOC(=O)C1CCCCN1C(=O)CSc1nnc2cc(C)c3ccccc3n12. The van der Waals surface area contributed by atoms with Crippen LogP contribution in [0.3, 0.4) is 0 Å². The average Bonchev–Trinajstić information content (AvgIpc) is 3.15. The minimum absolute atomic E-state index is 0.0686. The van der Waals surface area contributed by atoms with Gasteiger partial charge in [0, 0.05) is 11.9 Å². The van der Waals surface area contributed by atoms with Crippen LogP contribution in [-0.2, 0) is 14.3 Å². The predicted molar refractivity (Wildman–Crippen MR) is 112 cm³/mol. The standard InChI is InChI=1S/C21H24N4O3S/c1-3-28-20(27)17-10-6-7-11-24(17)19(26)13-29-21-23-22-18-12-14(2)15-8-4-5-9-16(15)25(18)21/h4-5,8-9,12,17H,3,6-7,10-11,13H2,1-2H3. The highest BCUT2D eigenvalue weighted by atomic mass is 32.2. The maximum Gasteiger partial charge on any atom is 0.328 e. The second-order valence-corrected chi connectivity index (χ2v) is 8.10. The van der Waals surface area contributed by atoms with E-state index in [0.29, 0.717) is 24.7 Å². The molecule has 1 atom stereocenters. The molecule has 7 nitrogen and oxygen atoms in total. The molecule has 3 heterocycles. The van der Waals surface area contributed by atoms with E-state index in [-0.39, 0.29) is 17.6 Å². The molecule has 1 unspecified atom stereocenters. The molecular weight excluding hydrogens is 388 g/mol. The Balaban J connectivity index is 1.56. The zero-order valence-corrected chi connectivity index (χ0v) is 17.4. The average molecular weight is 413 g/mol. The number of nitrogens with zero attached hydrogens (tertiary/aromatic N) is 4. The Labute approximate surface area is 173 Å². The highest BCUT2D eigenvalue weighted by molar-refractivity contribution is 7.99. The van der Waals surface area contributed by atoms with Crippen molar-refractivity contribution in [3.63, 3.8) is 0 Å². The van der Waals surface area contributed by atoms with Crippen LogP contribution in [0.15, 0.2) is 35.5 Å². The van der Waals surface area contributed by atoms with Gasteiger partial charge >= 0.3 is 5.97 Å². The highest BCUT2D eigenvalue weighted by Gasteiger charge is 2.33. The molecule has 0 saturated carbocycles. The summed E-state index contributed by atoms with van der Waals surface area (Å²) in [7, 11) is 0. The quantitative estimate of drug-likeness (QED) is 0.473. The number of carbonyl (C=O) groups excluding carboxylic acids is 2. The maximum atomic E-state index is 12.9. The molecular formula is C21H24N4O3S. The molecule has 0 radical (unpaired) electrons. The number of benzene rings is 1. The molecule has 8 heteroatoms. The van der Waals surface area contributed by atoms with E-state index < -0.39 is 6.04 Å². The summed E-state index contributed by atoms with van der Waals surface area (Å²) >= 11 is 1.35. The van der Waals surface area contributed by atoms with Gasteiger partial charge < -0.3 is 9.64 Å². The van der Waals surface area contributed by atoms with E-state index in [1.807, 2.05) is 28.7 Å². The Bertz CT molecular complexity index is 1060. The number of para-hydroxylation sites is 1. The zero-order valence-electron chi connectivity index (χ0n) is 16.6. The molecule has 1 fully saturated rings. The first-order chi connectivity index (χ1) is 14.1. The number of piperidine rings is 1. The van der Waals surface area contributed by atoms with Crippen molar-refractivity contribution in [1.29, 1.82) is 0 Å². The molecule has 1 aliphatic heterocycles. The van der Waals surface area contributed by atoms with E-state index in [9.17, 15) is 9.59 Å². The van der Waals surface area contributed by atoms with Crippen molar-refractivity contribution in [2.24, 2.45) is 0 Å². The van der Waals surface area contributed by atoms with E-state index in [1.54, 1.807) is 11.8 Å². The number of carbonyl (C=O) groups is 2. The number of rotatable bonds is 5. The second kappa shape index (κ2) is 8.41. The summed E-state index contributed by atoms with van der Waals surface area (Å²) in [5.74, 6) is -0.167. The van der Waals surface area contributed by atoms with Gasteiger partial charge in [0.05, 0.1) is 17.9 Å². The summed E-state index contributed by atoms with van der Waals surface area (Å²) in [5, 5.41) is 10.4. The van der Waals surface area contributed by atoms with E-state index in [0.717, 1.165) is 35.0 Å². The number of hydrogen-bond donors (Lipinski definition) is 0. The summed E-state index contributed by atoms with van der Waals surface area (Å²) in [4.78, 5) is 26.8. The summed E-state index contributed by atoms with van der Waals surface area (Å²) in [5.41, 5.74) is 2.92. The molecule has 152 valence electrons. The van der Waals surface area contributed by atoms with Crippen molar-refractivity contribution in [2.45, 2.75) is 44.3 Å². The van der Waals surface area contributed by atoms with E-state index in [2.05, 4.69) is 23.2 Å². The van der Waals surface area contributed by atoms with Gasteiger partial charge in [0.2, 0.25) is 5.91 Å². The van der Waals surface area contributed by atoms with Gasteiger partial charge in [-0.2, -0.15) is 0 Å². The lowest BCUT2D eigenvalue weighted by atomic mass is 10.0. The number of amides is 1. The third-order valence-electron chi connectivity index (χ3n) is 5.28. The fourth-order valence-corrected chi connectivity index (χ4v) is 4.73. The Hall–Kier alpha value is -2.61. The Kier molecular flexibility index (Phi) is 5.71. The van der Waals surface area contributed by atoms with Crippen LogP contribution in [0.5, 0.6) is 0 Å². The van der Waals surface area contributed by atoms with Gasteiger partial charge in [-0.3, -0.25) is 9.20 Å². The third-order valence-corrected chi connectivity index (χ3v) is 6.19. The molecule has 0 spiro atoms. The largest absolute Gasteiger partial charge is 0.464 e. The first kappa shape index (κ1) is 19.7. The molecule has 0 N–H and O–H groups in total. The lowest BCUT2D eigenvalue weighted by Gasteiger charge is -2.33. The Morgan fingerprint density at radius 1 is 1.24 bits per heavy atom. The molecule has 0 aliphatic carbocycles. The number of thioether (sulfide) groups is 1. The molecule has 1 aromatic carbocycles. The van der Waals surface area contributed by atoms with Crippen LogP contribution >= 0.6 is 11.8 Å². The number of aromatic nitrogens is 3. The van der Waals surface area contributed by atoms with Crippen molar-refractivity contribution in [3.8, 4) is 0 Å². The molecule has 3 aromatic rings. The van der Waals surface area contributed by atoms with Crippen LogP contribution in [0.2, 0.25) is 0 Å². The first-order valence-corrected chi connectivity index (χ1v) is 10.9. The molecule has 2 aromatic heterocycles. The number of likely N-dealkylation sites (tertiary alicyclic amines) is 1. The normalized spacial score (nSPS) is 17.0. The van der Waals surface area contributed by atoms with Crippen LogP contribution in [0.25, 0.3) is 16.6 Å². The van der Waals surface area contributed by atoms with Gasteiger partial charge in [0.1, 0.15) is 6.04 Å². The lowest BCUT2D eigenvalue weighted by Crippen LogP contribution is -2.49. The zero-order chi connectivity index (χ0) is 20.4. The van der Waals surface area contributed by atoms with Crippen LogP contribution in [-0.4, -0.2) is 56.3 Å². The van der Waals surface area contributed by atoms with Crippen molar-refractivity contribution in [3.05, 3.63) is 35.9 Å². The number of pyridine rings is 1. The van der Waals surface area contributed by atoms with Crippen LogP contribution in [0.4, 0.5) is 0 Å². The summed E-state index contributed by atoms with van der Waals surface area (Å²) in [6.07, 6.45) is 2.50. The van der Waals surface area contributed by atoms with E-state index >= 15 is 0 Å². The lowest BCUT2D eigenvalue weighted by molar-refractivity contribution is -0.155. The van der Waals surface area contributed by atoms with Crippen LogP contribution < -0.4 is 0 Å². The number of fused-ring (bicyclic) bond motifs is 3. The maximum absolute atomic E-state index is 12.9. The molecule has 1 saturated heterocycles. The van der Waals surface area contributed by atoms with Crippen LogP contribution in [0, 0.1) is 6.92 Å². The summed E-state index contributed by atoms with van der Waals surface area (Å²) < 4.78 is 7.15. The summed E-state index contributed by atoms with van der Waals surface area (Å²) in [6, 6.07) is 9.62. The van der Waals surface area contributed by atoms with Crippen molar-refractivity contribution < 1.29 is 14.3 Å². The fraction of sp³-hybridized carbons (Fsp3) is 0.429. The smallest absolute Gasteiger partial charge is 0.328 e. The number of aryl methyl sites for hydroxylation is 1. The highest BCUT2D eigenvalue weighted by Crippen LogP contribution is 2.27. The van der Waals surface area contributed by atoms with Gasteiger partial charge in [0.25, 0.3) is 0 Å². The number of ether oxygens (including phenoxy) is 1. The molecule has 29 heavy (non-hydrogen) atoms. The minimum atomic E-state index is -0.476. The molecule has 4 rings (SSSR count). The van der Waals surface area contributed by atoms with Crippen LogP contribution in [0.1, 0.15) is 31.7 Å². The van der Waals surface area contributed by atoms with Gasteiger partial charge in [0.15, 0.2) is 10.8 Å². The topological polar surface area (TPSA) is 76.8 Å². The predicted octanol–water partition coefficient (Wildman–Crippen LogP) is 3.23. The van der Waals surface area contributed by atoms with Gasteiger partial charge in [-0.05, 0) is 50.8 Å². The number of esters is 1. The Morgan fingerprint density at radius 3 is 2.90 bits per heavy atom. The van der Waals surface area contributed by atoms with Gasteiger partial charge in [-0.1, -0.05) is 30.0 Å². The Morgan fingerprint density at radius 2 is 2.07 bits per heavy atom. The van der Waals surface area contributed by atoms with Crippen molar-refractivity contribution >= 4 is 40.2 Å². The minimum Gasteiger partial charge on any atom is -0.464 e. The molecule has 1 amide bonds. The van der Waals surface area contributed by atoms with Crippen molar-refractivity contribution in [1.82, 2.24) is 19.5 Å². The van der Waals surface area contributed by atoms with Crippen molar-refractivity contribution in [2.75, 3.05) is 18.9 Å². The van der Waals surface area contributed by atoms with Gasteiger partial charge in [-0.25, -0.2) is 4.79 Å². The first-order valence-electron chi connectivity index (χ1n) is 9.92. The fourth-order valence-electron chi connectivity index (χ4n) is 3.89. The molecule has 1 aliphatic rings. The third kappa shape index (κ3) is 3.81. The van der Waals surface area contributed by atoms with Gasteiger partial charge in [-0.15, -0.1) is 10.2 Å². The second-order valence-electron chi connectivity index (χ2n) is 7.16. The molecule has 0 bridgehead atoms. The summed E-state index contributed by atoms with van der Waals surface area (Å²) in [6.45, 7) is 4.75. The monoisotopic (exact) mass is 412 g/mol. The van der Waals surface area contributed by atoms with E-state index in [4.69, 9.17) is 4.74 Å². The number of hydrogen-bond acceptors (Lipinski definition) is 6.